The van der Waals surface area contributed by atoms with E-state index in [4.69, 9.17) is 32.8 Å². The Kier molecular flexibility index (Phi) is 9.40. The smallest absolute Gasteiger partial charge is 0.351 e. The maximum Gasteiger partial charge on any atom is 0.351 e. The van der Waals surface area contributed by atoms with Crippen molar-refractivity contribution in [3.63, 3.8) is 0 Å². The number of methoxy groups -OCH3 is 1. The van der Waals surface area contributed by atoms with Crippen molar-refractivity contribution in [1.82, 2.24) is 0 Å². The fraction of sp³-hybridized carbons (Fsp3) is 0.667. The third-order valence-electron chi connectivity index (χ3n) is 11.9. The Morgan fingerprint density at radius 1 is 1.04 bits per heavy atom. The molecular weight excluding hydrogens is 656 g/mol. The lowest BCUT2D eigenvalue weighted by Gasteiger charge is -2.62. The molecule has 1 N–H and O–H groups in total. The molecule has 2 bridgehead atoms. The van der Waals surface area contributed by atoms with E-state index >= 15 is 4.79 Å². The van der Waals surface area contributed by atoms with Gasteiger partial charge < -0.3 is 37.9 Å². The minimum absolute atomic E-state index is 0.0739. The highest BCUT2D eigenvalue weighted by molar-refractivity contribution is 5.95. The number of furan rings is 1. The van der Waals surface area contributed by atoms with Gasteiger partial charge in [0, 0.05) is 24.8 Å². The summed E-state index contributed by atoms with van der Waals surface area (Å²) < 4.78 is 41.1. The maximum atomic E-state index is 15.4. The van der Waals surface area contributed by atoms with Crippen LogP contribution in [0.4, 0.5) is 0 Å². The lowest BCUT2D eigenvalue weighted by Crippen LogP contribution is -2.75. The van der Waals surface area contributed by atoms with Crippen molar-refractivity contribution in [3.8, 4) is 0 Å². The summed E-state index contributed by atoms with van der Waals surface area (Å²) in [4.78, 5) is 81.6. The first-order chi connectivity index (χ1) is 23.3. The van der Waals surface area contributed by atoms with E-state index in [2.05, 4.69) is 6.58 Å². The molecule has 1 aromatic rings. The van der Waals surface area contributed by atoms with Gasteiger partial charge in [-0.15, -0.1) is 0 Å². The van der Waals surface area contributed by atoms with Crippen molar-refractivity contribution in [2.75, 3.05) is 7.11 Å². The quantitative estimate of drug-likeness (QED) is 0.236. The molecule has 4 fully saturated rings. The summed E-state index contributed by atoms with van der Waals surface area (Å²) in [6.07, 6.45) is -6.59. The van der Waals surface area contributed by atoms with Gasteiger partial charge in [-0.05, 0) is 37.8 Å². The summed E-state index contributed by atoms with van der Waals surface area (Å²) in [5.74, 6) is -7.83. The zero-order valence-corrected chi connectivity index (χ0v) is 29.8. The molecule has 2 aliphatic heterocycles. The van der Waals surface area contributed by atoms with E-state index in [0.29, 0.717) is 12.0 Å². The molecule has 2 aliphatic carbocycles. The van der Waals surface area contributed by atoms with Crippen LogP contribution in [0.2, 0.25) is 0 Å². The van der Waals surface area contributed by atoms with E-state index in [9.17, 15) is 29.1 Å². The Balaban J connectivity index is 1.87. The second-order valence-electron chi connectivity index (χ2n) is 14.9. The molecule has 274 valence electrons. The molecule has 0 radical (unpaired) electrons. The number of esters is 5. The molecule has 0 amide bonds. The fourth-order valence-corrected chi connectivity index (χ4v) is 9.09. The molecule has 2 saturated carbocycles. The number of fused-ring (bicyclic) bond motifs is 2. The van der Waals surface area contributed by atoms with E-state index < -0.39 is 112 Å². The number of ketones is 1. The van der Waals surface area contributed by atoms with Gasteiger partial charge in [0.05, 0.1) is 54.8 Å². The SMILES string of the molecule is C=C1[C@H]2C(=O)[C@@]3(C)[C@@H](O[C@@]14[C@H](OC(C)=O)C(=O)O[C@@H](c1ccoc1)[C@]4(C)[C@H]2O)[C@@H](OC(=O)C(C)CC)[C@H](OC(C)=O)C(C)(C)[C@@H]3CC(=O)OC. The average Bonchev–Trinajstić information content (AvgIpc) is 3.62. The van der Waals surface area contributed by atoms with Crippen LogP contribution >= 0.6 is 0 Å². The predicted molar refractivity (Wildman–Crippen MR) is 169 cm³/mol. The molecule has 14 heteroatoms. The van der Waals surface area contributed by atoms with Gasteiger partial charge >= 0.3 is 29.8 Å². The second kappa shape index (κ2) is 12.6. The Labute approximate surface area is 290 Å². The van der Waals surface area contributed by atoms with Gasteiger partial charge in [-0.2, -0.15) is 0 Å². The molecule has 1 aromatic heterocycles. The number of carbonyl (C=O) groups is 6. The Bertz CT molecular complexity index is 1590. The molecular formula is C36H46O14. The van der Waals surface area contributed by atoms with Crippen molar-refractivity contribution >= 4 is 35.6 Å². The maximum absolute atomic E-state index is 15.4. The fourth-order valence-electron chi connectivity index (χ4n) is 9.09. The number of Topliss-reactive ketones (excluding diaryl/α,β-unsaturated/α-hetero) is 1. The standard InChI is InChI=1S/C36H46O14/c1-11-16(2)31(42)48-24-28(46-18(4)37)33(6,7)21(14-22(39)44-10)34(8)25(40)23-17(3)36(50-29(24)34)30(47-19(5)38)32(43)49-27(20-12-13-45-15-20)35(36,9)26(23)41/h12-13,15-16,21,23-24,26-30,41H,3,11,14H2,1-2,4-10H3/t16?,21-,23-,24-,26-,27-,28-,29-,30+,34-,35-,36+/m0/s1. The number of rotatable bonds is 8. The van der Waals surface area contributed by atoms with Gasteiger partial charge in [-0.3, -0.25) is 24.0 Å². The van der Waals surface area contributed by atoms with Gasteiger partial charge in [0.25, 0.3) is 0 Å². The molecule has 5 rings (SSSR count). The lowest BCUT2D eigenvalue weighted by molar-refractivity contribution is -0.317. The van der Waals surface area contributed by atoms with Crippen molar-refractivity contribution < 1.29 is 66.7 Å². The van der Waals surface area contributed by atoms with Crippen LogP contribution in [0.25, 0.3) is 0 Å². The summed E-state index contributed by atoms with van der Waals surface area (Å²) in [7, 11) is 1.19. The van der Waals surface area contributed by atoms with Gasteiger partial charge in [0.1, 0.15) is 23.9 Å². The highest BCUT2D eigenvalue weighted by atomic mass is 16.6. The van der Waals surface area contributed by atoms with Gasteiger partial charge in [0.15, 0.2) is 11.9 Å². The first kappa shape index (κ1) is 37.2. The molecule has 14 nitrogen and oxygen atoms in total. The van der Waals surface area contributed by atoms with Gasteiger partial charge in [-0.1, -0.05) is 34.3 Å². The zero-order chi connectivity index (χ0) is 37.3. The lowest BCUT2D eigenvalue weighted by atomic mass is 9.49. The molecule has 1 unspecified atom stereocenters. The van der Waals surface area contributed by atoms with E-state index in [1.807, 2.05) is 0 Å². The van der Waals surface area contributed by atoms with Crippen LogP contribution in [-0.2, 0) is 57.2 Å². The van der Waals surface area contributed by atoms with E-state index in [1.165, 1.54) is 46.5 Å². The molecule has 3 heterocycles. The van der Waals surface area contributed by atoms with Crippen LogP contribution in [0.15, 0.2) is 35.2 Å². The largest absolute Gasteiger partial charge is 0.472 e. The zero-order valence-electron chi connectivity index (χ0n) is 29.8. The summed E-state index contributed by atoms with van der Waals surface area (Å²) in [6.45, 7) is 16.3. The van der Waals surface area contributed by atoms with Crippen LogP contribution in [-0.4, -0.2) is 84.0 Å². The molecule has 12 atom stereocenters. The molecule has 1 spiro atoms. The van der Waals surface area contributed by atoms with Crippen molar-refractivity contribution in [2.45, 2.75) is 110 Å². The van der Waals surface area contributed by atoms with Gasteiger partial charge in [0.2, 0.25) is 6.10 Å². The average molecular weight is 703 g/mol. The summed E-state index contributed by atoms with van der Waals surface area (Å²) >= 11 is 0. The van der Waals surface area contributed by atoms with Crippen LogP contribution in [0.5, 0.6) is 0 Å². The number of cyclic esters (lactones) is 1. The molecule has 0 aromatic carbocycles. The predicted octanol–water partition coefficient (Wildman–Crippen LogP) is 3.18. The van der Waals surface area contributed by atoms with Gasteiger partial charge in [-0.25, -0.2) is 4.79 Å². The Hall–Kier alpha value is -4.04. The summed E-state index contributed by atoms with van der Waals surface area (Å²) in [5.41, 5.74) is -6.82. The topological polar surface area (TPSA) is 191 Å². The van der Waals surface area contributed by atoms with E-state index in [0.717, 1.165) is 6.92 Å². The van der Waals surface area contributed by atoms with Crippen LogP contribution in [0.1, 0.15) is 79.9 Å². The number of ether oxygens (including phenoxy) is 6. The van der Waals surface area contributed by atoms with Crippen LogP contribution in [0.3, 0.4) is 0 Å². The van der Waals surface area contributed by atoms with Crippen molar-refractivity contribution in [1.29, 1.82) is 0 Å². The summed E-state index contributed by atoms with van der Waals surface area (Å²) in [6, 6.07) is 1.52. The van der Waals surface area contributed by atoms with E-state index in [-0.39, 0.29) is 12.0 Å². The van der Waals surface area contributed by atoms with Crippen LogP contribution in [0, 0.1) is 34.0 Å². The number of carbonyl (C=O) groups excluding carboxylic acids is 6. The molecule has 2 saturated heterocycles. The number of hydrogen-bond acceptors (Lipinski definition) is 14. The normalized spacial score (nSPS) is 39.2. The minimum atomic E-state index is -2.20. The monoisotopic (exact) mass is 702 g/mol. The van der Waals surface area contributed by atoms with Crippen molar-refractivity contribution in [2.24, 2.45) is 34.0 Å². The molecule has 50 heavy (non-hydrogen) atoms. The van der Waals surface area contributed by atoms with E-state index in [1.54, 1.807) is 27.7 Å². The van der Waals surface area contributed by atoms with Crippen molar-refractivity contribution in [3.05, 3.63) is 36.3 Å². The highest BCUT2D eigenvalue weighted by Gasteiger charge is 2.83. The highest BCUT2D eigenvalue weighted by Crippen LogP contribution is 2.71. The summed E-state index contributed by atoms with van der Waals surface area (Å²) in [5, 5.41) is 12.4. The number of hydrogen-bond donors (Lipinski definition) is 1. The first-order valence-electron chi connectivity index (χ1n) is 16.7. The molecule has 4 aliphatic rings. The number of aliphatic hydroxyl groups excluding tert-OH is 1. The second-order valence-corrected chi connectivity index (χ2v) is 14.9. The number of aliphatic hydroxyl groups is 1. The van der Waals surface area contributed by atoms with Crippen LogP contribution < -0.4 is 0 Å². The third kappa shape index (κ3) is 5.03. The first-order valence-corrected chi connectivity index (χ1v) is 16.7. The Morgan fingerprint density at radius 2 is 1.68 bits per heavy atom. The Morgan fingerprint density at radius 3 is 2.22 bits per heavy atom. The minimum Gasteiger partial charge on any atom is -0.472 e. The third-order valence-corrected chi connectivity index (χ3v) is 11.9.